The highest BCUT2D eigenvalue weighted by Gasteiger charge is 2.23. The van der Waals surface area contributed by atoms with Crippen LogP contribution in [0.4, 0.5) is 0 Å². The van der Waals surface area contributed by atoms with E-state index in [0.29, 0.717) is 17.5 Å². The van der Waals surface area contributed by atoms with Crippen LogP contribution in [0.3, 0.4) is 0 Å². The second-order valence-electron chi connectivity index (χ2n) is 8.19. The third-order valence-electron chi connectivity index (χ3n) is 5.87. The third-order valence-corrected chi connectivity index (χ3v) is 7.97. The van der Waals surface area contributed by atoms with E-state index >= 15 is 0 Å². The minimum absolute atomic E-state index is 0.0663. The molecular formula is C25H30N2O4S2. The number of fused-ring (bicyclic) bond motifs is 3. The van der Waals surface area contributed by atoms with Gasteiger partial charge in [0.05, 0.1) is 30.5 Å². The van der Waals surface area contributed by atoms with E-state index in [9.17, 15) is 9.59 Å². The largest absolute Gasteiger partial charge is 0.497 e. The van der Waals surface area contributed by atoms with Crippen molar-refractivity contribution in [3.8, 4) is 11.4 Å². The number of thiophene rings is 1. The van der Waals surface area contributed by atoms with Crippen molar-refractivity contribution in [1.29, 1.82) is 0 Å². The molecule has 0 saturated carbocycles. The predicted molar refractivity (Wildman–Crippen MR) is 134 cm³/mol. The van der Waals surface area contributed by atoms with Crippen molar-refractivity contribution < 1.29 is 14.3 Å². The van der Waals surface area contributed by atoms with E-state index in [1.54, 1.807) is 23.0 Å². The number of hydrogen-bond donors (Lipinski definition) is 0. The number of hydrogen-bond acceptors (Lipinski definition) is 7. The maximum Gasteiger partial charge on any atom is 0.316 e. The molecule has 0 atom stereocenters. The summed E-state index contributed by atoms with van der Waals surface area (Å²) in [6, 6.07) is 7.37. The Morgan fingerprint density at radius 1 is 1.15 bits per heavy atom. The van der Waals surface area contributed by atoms with Gasteiger partial charge < -0.3 is 9.47 Å². The molecule has 0 unspecified atom stereocenters. The molecule has 33 heavy (non-hydrogen) atoms. The number of carbonyl (C=O) groups excluding carboxylic acids is 1. The summed E-state index contributed by atoms with van der Waals surface area (Å²) >= 11 is 2.89. The Morgan fingerprint density at radius 2 is 1.94 bits per heavy atom. The standard InChI is InChI=1S/C25H30N2O4S2/c1-3-4-8-15-31-21(28)16-32-25-26-23-22(19-9-6-5-7-10-20(19)33-23)24(29)27(25)17-11-13-18(30-2)14-12-17/h11-14H,3-10,15-16H2,1-2H3. The van der Waals surface area contributed by atoms with Crippen LogP contribution >= 0.6 is 23.1 Å². The maximum absolute atomic E-state index is 13.8. The highest BCUT2D eigenvalue weighted by atomic mass is 32.2. The number of carbonyl (C=O) groups is 1. The van der Waals surface area contributed by atoms with Crippen molar-refractivity contribution in [3.05, 3.63) is 45.1 Å². The summed E-state index contributed by atoms with van der Waals surface area (Å²) in [5.74, 6) is 0.550. The summed E-state index contributed by atoms with van der Waals surface area (Å²) in [5, 5.41) is 1.25. The van der Waals surface area contributed by atoms with Gasteiger partial charge in [-0.3, -0.25) is 14.2 Å². The molecule has 1 aliphatic rings. The van der Waals surface area contributed by atoms with E-state index in [2.05, 4.69) is 6.92 Å². The number of esters is 1. The lowest BCUT2D eigenvalue weighted by Gasteiger charge is -2.13. The maximum atomic E-state index is 13.8. The van der Waals surface area contributed by atoms with Gasteiger partial charge in [-0.25, -0.2) is 4.98 Å². The topological polar surface area (TPSA) is 70.4 Å². The van der Waals surface area contributed by atoms with Gasteiger partial charge in [0.1, 0.15) is 10.6 Å². The molecule has 0 radical (unpaired) electrons. The normalized spacial score (nSPS) is 13.5. The van der Waals surface area contributed by atoms with Gasteiger partial charge in [-0.05, 0) is 61.9 Å². The van der Waals surface area contributed by atoms with Crippen molar-refractivity contribution in [3.63, 3.8) is 0 Å². The Hall–Kier alpha value is -2.32. The molecule has 0 bridgehead atoms. The van der Waals surface area contributed by atoms with Gasteiger partial charge in [0.25, 0.3) is 5.56 Å². The van der Waals surface area contributed by atoms with Crippen LogP contribution in [-0.2, 0) is 22.4 Å². The van der Waals surface area contributed by atoms with Gasteiger partial charge in [0.2, 0.25) is 0 Å². The van der Waals surface area contributed by atoms with Crippen LogP contribution in [0.15, 0.2) is 34.2 Å². The number of nitrogens with zero attached hydrogens (tertiary/aromatic N) is 2. The first kappa shape index (κ1) is 23.8. The molecule has 0 spiro atoms. The number of unbranched alkanes of at least 4 members (excludes halogenated alkanes) is 2. The zero-order chi connectivity index (χ0) is 23.2. The van der Waals surface area contributed by atoms with E-state index < -0.39 is 0 Å². The van der Waals surface area contributed by atoms with E-state index in [1.807, 2.05) is 24.3 Å². The molecule has 4 rings (SSSR count). The zero-order valence-corrected chi connectivity index (χ0v) is 20.9. The average molecular weight is 487 g/mol. The molecule has 1 aromatic carbocycles. The van der Waals surface area contributed by atoms with Crippen molar-refractivity contribution in [2.75, 3.05) is 19.5 Å². The number of ether oxygens (including phenoxy) is 2. The summed E-state index contributed by atoms with van der Waals surface area (Å²) in [5.41, 5.74) is 1.81. The van der Waals surface area contributed by atoms with Crippen molar-refractivity contribution in [1.82, 2.24) is 9.55 Å². The Labute approximate surface area is 202 Å². The van der Waals surface area contributed by atoms with Crippen molar-refractivity contribution in [2.24, 2.45) is 0 Å². The van der Waals surface area contributed by atoms with Crippen molar-refractivity contribution >= 4 is 39.3 Å². The van der Waals surface area contributed by atoms with Gasteiger partial charge in [-0.1, -0.05) is 37.9 Å². The first-order valence-electron chi connectivity index (χ1n) is 11.6. The summed E-state index contributed by atoms with van der Waals surface area (Å²) in [4.78, 5) is 33.0. The molecule has 2 heterocycles. The average Bonchev–Trinajstić information content (AvgIpc) is 3.02. The summed E-state index contributed by atoms with van der Waals surface area (Å²) in [6.07, 6.45) is 8.36. The monoisotopic (exact) mass is 486 g/mol. The summed E-state index contributed by atoms with van der Waals surface area (Å²) in [6.45, 7) is 2.55. The Balaban J connectivity index is 1.70. The lowest BCUT2D eigenvalue weighted by Crippen LogP contribution is -2.22. The molecule has 0 saturated heterocycles. The second-order valence-corrected chi connectivity index (χ2v) is 10.2. The van der Waals surface area contributed by atoms with Gasteiger partial charge in [0, 0.05) is 4.88 Å². The number of rotatable bonds is 9. The fourth-order valence-electron chi connectivity index (χ4n) is 4.12. The van der Waals surface area contributed by atoms with E-state index in [0.717, 1.165) is 60.9 Å². The molecule has 8 heteroatoms. The van der Waals surface area contributed by atoms with Crippen LogP contribution in [0.5, 0.6) is 5.75 Å². The third kappa shape index (κ3) is 5.44. The fraction of sp³-hybridized carbons (Fsp3) is 0.480. The zero-order valence-electron chi connectivity index (χ0n) is 19.2. The highest BCUT2D eigenvalue weighted by Crippen LogP contribution is 2.34. The van der Waals surface area contributed by atoms with Crippen LogP contribution in [0.25, 0.3) is 15.9 Å². The predicted octanol–water partition coefficient (Wildman–Crippen LogP) is 5.55. The SMILES string of the molecule is CCCCCOC(=O)CSc1nc2sc3c(c2c(=O)n1-c1ccc(OC)cc1)CCCCC3. The molecule has 0 aliphatic heterocycles. The number of thioether (sulfide) groups is 1. The van der Waals surface area contributed by atoms with Crippen LogP contribution in [-0.4, -0.2) is 35.0 Å². The quantitative estimate of drug-likeness (QED) is 0.130. The number of aryl methyl sites for hydroxylation is 2. The molecule has 176 valence electrons. The minimum Gasteiger partial charge on any atom is -0.497 e. The molecule has 2 aromatic heterocycles. The molecule has 3 aromatic rings. The molecule has 0 fully saturated rings. The van der Waals surface area contributed by atoms with Crippen LogP contribution in [0.1, 0.15) is 55.9 Å². The molecule has 0 N–H and O–H groups in total. The smallest absolute Gasteiger partial charge is 0.316 e. The first-order valence-corrected chi connectivity index (χ1v) is 13.4. The minimum atomic E-state index is -0.284. The van der Waals surface area contributed by atoms with Gasteiger partial charge in [-0.15, -0.1) is 11.3 Å². The van der Waals surface area contributed by atoms with E-state index in [4.69, 9.17) is 14.5 Å². The van der Waals surface area contributed by atoms with E-state index in [1.165, 1.54) is 28.6 Å². The Morgan fingerprint density at radius 3 is 2.70 bits per heavy atom. The Kier molecular flexibility index (Phi) is 8.09. The van der Waals surface area contributed by atoms with Crippen LogP contribution < -0.4 is 10.3 Å². The van der Waals surface area contributed by atoms with Crippen LogP contribution in [0, 0.1) is 0 Å². The molecule has 1 aliphatic carbocycles. The number of aromatic nitrogens is 2. The summed E-state index contributed by atoms with van der Waals surface area (Å²) in [7, 11) is 1.61. The molecular weight excluding hydrogens is 456 g/mol. The van der Waals surface area contributed by atoms with Crippen molar-refractivity contribution in [2.45, 2.75) is 63.4 Å². The van der Waals surface area contributed by atoms with Gasteiger partial charge in [-0.2, -0.15) is 0 Å². The first-order chi connectivity index (χ1) is 16.1. The van der Waals surface area contributed by atoms with Crippen LogP contribution in [0.2, 0.25) is 0 Å². The number of benzene rings is 1. The summed E-state index contributed by atoms with van der Waals surface area (Å²) < 4.78 is 12.3. The molecule has 6 nitrogen and oxygen atoms in total. The molecule has 0 amide bonds. The lowest BCUT2D eigenvalue weighted by atomic mass is 10.1. The Bertz CT molecular complexity index is 1170. The van der Waals surface area contributed by atoms with Gasteiger partial charge in [0.15, 0.2) is 5.16 Å². The second kappa shape index (κ2) is 11.2. The number of methoxy groups -OCH3 is 1. The van der Waals surface area contributed by atoms with Gasteiger partial charge >= 0.3 is 5.97 Å². The fourth-order valence-corrected chi connectivity index (χ4v) is 6.24. The lowest BCUT2D eigenvalue weighted by molar-refractivity contribution is -0.140. The highest BCUT2D eigenvalue weighted by molar-refractivity contribution is 7.99. The van der Waals surface area contributed by atoms with E-state index in [-0.39, 0.29) is 17.3 Å².